The molecule has 1 aromatic heterocycles. The van der Waals surface area contributed by atoms with E-state index < -0.39 is 0 Å². The van der Waals surface area contributed by atoms with Gasteiger partial charge in [0.2, 0.25) is 11.8 Å². The lowest BCUT2D eigenvalue weighted by Gasteiger charge is -2.11. The zero-order valence-electron chi connectivity index (χ0n) is 12.2. The lowest BCUT2D eigenvalue weighted by Crippen LogP contribution is -2.04. The topological polar surface area (TPSA) is 79.5 Å². The van der Waals surface area contributed by atoms with E-state index in [1.54, 1.807) is 12.1 Å². The molecule has 0 atom stereocenters. The zero-order valence-corrected chi connectivity index (χ0v) is 12.2. The zero-order chi connectivity index (χ0) is 15.1. The molecule has 2 aromatic rings. The SMILES string of the molecule is CCCOc1ncnc(Oc2ccc(OCC)cc2)c1N. The van der Waals surface area contributed by atoms with Gasteiger partial charge in [-0.2, -0.15) is 9.97 Å². The molecule has 0 saturated carbocycles. The molecule has 6 nitrogen and oxygen atoms in total. The van der Waals surface area contributed by atoms with Crippen LogP contribution in [0.1, 0.15) is 20.3 Å². The van der Waals surface area contributed by atoms with Crippen LogP contribution in [0, 0.1) is 0 Å². The van der Waals surface area contributed by atoms with Crippen molar-refractivity contribution in [3.05, 3.63) is 30.6 Å². The van der Waals surface area contributed by atoms with Gasteiger partial charge in [0.1, 0.15) is 17.8 Å². The third-order valence-corrected chi connectivity index (χ3v) is 2.60. The lowest BCUT2D eigenvalue weighted by atomic mass is 10.3. The van der Waals surface area contributed by atoms with Crippen LogP contribution in [0.2, 0.25) is 0 Å². The fourth-order valence-electron chi connectivity index (χ4n) is 1.64. The van der Waals surface area contributed by atoms with Crippen LogP contribution in [0.15, 0.2) is 30.6 Å². The number of benzene rings is 1. The van der Waals surface area contributed by atoms with E-state index in [1.165, 1.54) is 6.33 Å². The smallest absolute Gasteiger partial charge is 0.249 e. The molecule has 6 heteroatoms. The average Bonchev–Trinajstić information content (AvgIpc) is 2.50. The summed E-state index contributed by atoms with van der Waals surface area (Å²) in [5, 5.41) is 0. The Balaban J connectivity index is 2.11. The Labute approximate surface area is 123 Å². The summed E-state index contributed by atoms with van der Waals surface area (Å²) in [5.41, 5.74) is 6.24. The van der Waals surface area contributed by atoms with Gasteiger partial charge in [-0.05, 0) is 37.6 Å². The minimum absolute atomic E-state index is 0.278. The van der Waals surface area contributed by atoms with Crippen LogP contribution in [-0.4, -0.2) is 23.2 Å². The number of nitrogens with zero attached hydrogens (tertiary/aromatic N) is 2. The Morgan fingerprint density at radius 3 is 2.29 bits per heavy atom. The maximum atomic E-state index is 5.95. The van der Waals surface area contributed by atoms with E-state index in [2.05, 4.69) is 9.97 Å². The Morgan fingerprint density at radius 2 is 1.62 bits per heavy atom. The van der Waals surface area contributed by atoms with Crippen molar-refractivity contribution in [1.29, 1.82) is 0 Å². The van der Waals surface area contributed by atoms with Gasteiger partial charge in [0.25, 0.3) is 0 Å². The maximum absolute atomic E-state index is 5.95. The highest BCUT2D eigenvalue weighted by molar-refractivity contribution is 5.56. The van der Waals surface area contributed by atoms with Gasteiger partial charge < -0.3 is 19.9 Å². The quantitative estimate of drug-likeness (QED) is 0.844. The van der Waals surface area contributed by atoms with Crippen LogP contribution in [0.3, 0.4) is 0 Å². The molecule has 0 bridgehead atoms. The van der Waals surface area contributed by atoms with Crippen LogP contribution in [0.4, 0.5) is 5.69 Å². The molecule has 1 aromatic carbocycles. The van der Waals surface area contributed by atoms with Crippen molar-refractivity contribution < 1.29 is 14.2 Å². The first-order valence-electron chi connectivity index (χ1n) is 6.88. The predicted octanol–water partition coefficient (Wildman–Crippen LogP) is 3.04. The van der Waals surface area contributed by atoms with Crippen molar-refractivity contribution in [1.82, 2.24) is 9.97 Å². The van der Waals surface area contributed by atoms with Gasteiger partial charge in [0.15, 0.2) is 5.69 Å². The van der Waals surface area contributed by atoms with Crippen LogP contribution in [-0.2, 0) is 0 Å². The number of ether oxygens (including phenoxy) is 3. The maximum Gasteiger partial charge on any atom is 0.249 e. The summed E-state index contributed by atoms with van der Waals surface area (Å²) in [4.78, 5) is 8.03. The lowest BCUT2D eigenvalue weighted by molar-refractivity contribution is 0.304. The summed E-state index contributed by atoms with van der Waals surface area (Å²) < 4.78 is 16.5. The Kier molecular flexibility index (Phi) is 5.20. The van der Waals surface area contributed by atoms with Gasteiger partial charge in [0.05, 0.1) is 13.2 Å². The van der Waals surface area contributed by atoms with Gasteiger partial charge in [-0.15, -0.1) is 0 Å². The van der Waals surface area contributed by atoms with Crippen LogP contribution in [0.25, 0.3) is 0 Å². The first-order valence-corrected chi connectivity index (χ1v) is 6.88. The molecule has 0 amide bonds. The van der Waals surface area contributed by atoms with Gasteiger partial charge in [0, 0.05) is 0 Å². The second kappa shape index (κ2) is 7.33. The Morgan fingerprint density at radius 1 is 0.952 bits per heavy atom. The minimum Gasteiger partial charge on any atom is -0.494 e. The van der Waals surface area contributed by atoms with Gasteiger partial charge in [-0.1, -0.05) is 6.92 Å². The largest absolute Gasteiger partial charge is 0.494 e. The highest BCUT2D eigenvalue weighted by atomic mass is 16.5. The molecule has 2 N–H and O–H groups in total. The van der Waals surface area contributed by atoms with Crippen molar-refractivity contribution in [3.63, 3.8) is 0 Å². The predicted molar refractivity (Wildman–Crippen MR) is 79.9 cm³/mol. The van der Waals surface area contributed by atoms with Gasteiger partial charge in [-0.25, -0.2) is 0 Å². The second-order valence-corrected chi connectivity index (χ2v) is 4.25. The van der Waals surface area contributed by atoms with E-state index in [9.17, 15) is 0 Å². The van der Waals surface area contributed by atoms with E-state index in [0.29, 0.717) is 30.5 Å². The number of hydrogen-bond acceptors (Lipinski definition) is 6. The van der Waals surface area contributed by atoms with E-state index in [1.807, 2.05) is 26.0 Å². The molecule has 0 unspecified atom stereocenters. The molecular weight excluding hydrogens is 270 g/mol. The van der Waals surface area contributed by atoms with Crippen LogP contribution in [0.5, 0.6) is 23.3 Å². The van der Waals surface area contributed by atoms with Crippen molar-refractivity contribution >= 4 is 5.69 Å². The molecule has 21 heavy (non-hydrogen) atoms. The van der Waals surface area contributed by atoms with Crippen LogP contribution >= 0.6 is 0 Å². The number of aromatic nitrogens is 2. The third-order valence-electron chi connectivity index (χ3n) is 2.60. The summed E-state index contributed by atoms with van der Waals surface area (Å²) in [6.45, 7) is 5.11. The first-order chi connectivity index (χ1) is 10.2. The van der Waals surface area contributed by atoms with Crippen molar-refractivity contribution in [2.45, 2.75) is 20.3 Å². The Hall–Kier alpha value is -2.50. The van der Waals surface area contributed by atoms with E-state index in [4.69, 9.17) is 19.9 Å². The van der Waals surface area contributed by atoms with Crippen molar-refractivity contribution in [3.8, 4) is 23.3 Å². The van der Waals surface area contributed by atoms with Crippen molar-refractivity contribution in [2.24, 2.45) is 0 Å². The molecule has 112 valence electrons. The fraction of sp³-hybridized carbons (Fsp3) is 0.333. The van der Waals surface area contributed by atoms with Gasteiger partial charge in [-0.3, -0.25) is 0 Å². The van der Waals surface area contributed by atoms with E-state index in [-0.39, 0.29) is 5.88 Å². The van der Waals surface area contributed by atoms with Gasteiger partial charge >= 0.3 is 0 Å². The molecule has 0 spiro atoms. The molecule has 2 rings (SSSR count). The molecular formula is C15H19N3O3. The normalized spacial score (nSPS) is 10.2. The molecule has 0 aliphatic rings. The van der Waals surface area contributed by atoms with Crippen LogP contribution < -0.4 is 19.9 Å². The second-order valence-electron chi connectivity index (χ2n) is 4.25. The van der Waals surface area contributed by atoms with E-state index >= 15 is 0 Å². The number of hydrogen-bond donors (Lipinski definition) is 1. The summed E-state index contributed by atoms with van der Waals surface area (Å²) in [6, 6.07) is 7.23. The number of nitrogens with two attached hydrogens (primary N) is 1. The molecule has 0 aliphatic heterocycles. The molecule has 0 fully saturated rings. The standard InChI is InChI=1S/C15H19N3O3/c1-3-9-20-14-13(16)15(18-10-17-14)21-12-7-5-11(6-8-12)19-4-2/h5-8,10H,3-4,9,16H2,1-2H3. The first kappa shape index (κ1) is 14.9. The summed E-state index contributed by atoms with van der Waals surface area (Å²) in [5.74, 6) is 2.02. The number of anilines is 1. The third kappa shape index (κ3) is 3.98. The molecule has 0 saturated heterocycles. The monoisotopic (exact) mass is 289 g/mol. The average molecular weight is 289 g/mol. The summed E-state index contributed by atoms with van der Waals surface area (Å²) in [6.07, 6.45) is 2.24. The highest BCUT2D eigenvalue weighted by Gasteiger charge is 2.11. The summed E-state index contributed by atoms with van der Waals surface area (Å²) >= 11 is 0. The highest BCUT2D eigenvalue weighted by Crippen LogP contribution is 2.31. The molecule has 0 aliphatic carbocycles. The number of rotatable bonds is 7. The number of nitrogen functional groups attached to an aromatic ring is 1. The Bertz CT molecular complexity index is 573. The summed E-state index contributed by atoms with van der Waals surface area (Å²) in [7, 11) is 0. The molecule has 1 heterocycles. The molecule has 0 radical (unpaired) electrons. The fourth-order valence-corrected chi connectivity index (χ4v) is 1.64. The minimum atomic E-state index is 0.278. The van der Waals surface area contributed by atoms with Crippen molar-refractivity contribution in [2.75, 3.05) is 18.9 Å². The van der Waals surface area contributed by atoms with E-state index in [0.717, 1.165) is 12.2 Å².